The van der Waals surface area contributed by atoms with Crippen molar-refractivity contribution < 1.29 is 14.4 Å². The lowest BCUT2D eigenvalue weighted by Crippen LogP contribution is -2.46. The van der Waals surface area contributed by atoms with E-state index in [1.165, 1.54) is 0 Å². The quantitative estimate of drug-likeness (QED) is 0.422. The van der Waals surface area contributed by atoms with Crippen molar-refractivity contribution in [2.75, 3.05) is 0 Å². The zero-order valence-corrected chi connectivity index (χ0v) is 7.78. The van der Waals surface area contributed by atoms with Crippen LogP contribution in [0.15, 0.2) is 0 Å². The van der Waals surface area contributed by atoms with Crippen molar-refractivity contribution >= 4 is 15.9 Å². The first-order valence-electron chi connectivity index (χ1n) is 3.62. The molecule has 4 atom stereocenters. The molecule has 1 N–H and O–H groups in total. The Bertz CT molecular complexity index is 192. The molecule has 0 aromatic rings. The third-order valence-corrected chi connectivity index (χ3v) is 2.76. The maximum atomic E-state index is 12.9. The Labute approximate surface area is 77.0 Å². The van der Waals surface area contributed by atoms with Gasteiger partial charge < -0.3 is 5.11 Å². The molecule has 0 aromatic carbocycles. The van der Waals surface area contributed by atoms with Crippen molar-refractivity contribution in [1.29, 1.82) is 0 Å². The average Bonchev–Trinajstić information content (AvgIpc) is 1.96. The summed E-state index contributed by atoms with van der Waals surface area (Å²) in [5.74, 6) is 0. The van der Waals surface area contributed by atoms with Crippen molar-refractivity contribution in [2.45, 2.75) is 36.0 Å². The molecule has 70 valence electrons. The first-order chi connectivity index (χ1) is 5.52. The van der Waals surface area contributed by atoms with E-state index in [1.807, 2.05) is 0 Å². The van der Waals surface area contributed by atoms with Crippen molar-refractivity contribution in [2.24, 2.45) is 0 Å². The van der Waals surface area contributed by atoms with E-state index < -0.39 is 23.2 Å². The van der Waals surface area contributed by atoms with E-state index >= 15 is 0 Å². The van der Waals surface area contributed by atoms with Crippen LogP contribution in [0, 0.1) is 10.1 Å². The highest BCUT2D eigenvalue weighted by Crippen LogP contribution is 2.28. The summed E-state index contributed by atoms with van der Waals surface area (Å²) in [4.78, 5) is 9.49. The summed E-state index contributed by atoms with van der Waals surface area (Å²) in [7, 11) is 0. The van der Waals surface area contributed by atoms with Crippen LogP contribution in [0.2, 0.25) is 0 Å². The van der Waals surface area contributed by atoms with Gasteiger partial charge in [0, 0.05) is 16.2 Å². The molecule has 0 heterocycles. The van der Waals surface area contributed by atoms with Gasteiger partial charge in [0.25, 0.3) is 0 Å². The van der Waals surface area contributed by atoms with Gasteiger partial charge in [-0.05, 0) is 6.42 Å². The van der Waals surface area contributed by atoms with E-state index in [0.29, 0.717) is 0 Å². The van der Waals surface area contributed by atoms with Gasteiger partial charge in [-0.15, -0.1) is 0 Å². The summed E-state index contributed by atoms with van der Waals surface area (Å²) in [5, 5.41) is 19.4. The van der Waals surface area contributed by atoms with Crippen LogP contribution < -0.4 is 0 Å². The number of hydrogen-bond acceptors (Lipinski definition) is 3. The summed E-state index contributed by atoms with van der Waals surface area (Å²) in [6.07, 6.45) is -2.60. The smallest absolute Gasteiger partial charge is 0.242 e. The Kier molecular flexibility index (Phi) is 3.00. The van der Waals surface area contributed by atoms with Crippen LogP contribution in [0.4, 0.5) is 4.39 Å². The van der Waals surface area contributed by atoms with Crippen molar-refractivity contribution in [3.63, 3.8) is 0 Å². The largest absolute Gasteiger partial charge is 0.383 e. The molecule has 0 bridgehead atoms. The highest BCUT2D eigenvalue weighted by Gasteiger charge is 2.43. The van der Waals surface area contributed by atoms with E-state index in [0.717, 1.165) is 0 Å². The third-order valence-electron chi connectivity index (χ3n) is 2.01. The average molecular weight is 242 g/mol. The predicted octanol–water partition coefficient (Wildman–Crippen LogP) is 0.888. The minimum Gasteiger partial charge on any atom is -0.383 e. The maximum Gasteiger partial charge on any atom is 0.242 e. The Hall–Kier alpha value is -0.230. The van der Waals surface area contributed by atoms with Crippen LogP contribution in [0.1, 0.15) is 12.8 Å². The number of halogens is 2. The number of nitrogens with zero attached hydrogens (tertiary/aromatic N) is 1. The molecule has 4 nitrogen and oxygen atoms in total. The lowest BCUT2D eigenvalue weighted by molar-refractivity contribution is -0.539. The molecule has 0 aromatic heterocycles. The SMILES string of the molecule is O=[N+]([O-])C1CC(Br)CC(F)C1O. The van der Waals surface area contributed by atoms with Crippen LogP contribution in [0.25, 0.3) is 0 Å². The first-order valence-corrected chi connectivity index (χ1v) is 4.53. The fourth-order valence-electron chi connectivity index (χ4n) is 1.33. The summed E-state index contributed by atoms with van der Waals surface area (Å²) in [6.45, 7) is 0. The second-order valence-electron chi connectivity index (χ2n) is 2.93. The number of nitro groups is 1. The number of alkyl halides is 2. The van der Waals surface area contributed by atoms with Gasteiger partial charge in [-0.3, -0.25) is 10.1 Å². The second kappa shape index (κ2) is 3.66. The second-order valence-corrected chi connectivity index (χ2v) is 4.22. The molecule has 1 fully saturated rings. The maximum absolute atomic E-state index is 12.9. The molecule has 1 saturated carbocycles. The monoisotopic (exact) mass is 241 g/mol. The van der Waals surface area contributed by atoms with E-state index in [4.69, 9.17) is 5.11 Å². The highest BCUT2D eigenvalue weighted by molar-refractivity contribution is 9.09. The van der Waals surface area contributed by atoms with Crippen molar-refractivity contribution in [1.82, 2.24) is 0 Å². The molecular formula is C6H9BrFNO3. The van der Waals surface area contributed by atoms with Crippen LogP contribution in [-0.4, -0.2) is 33.2 Å². The van der Waals surface area contributed by atoms with E-state index in [2.05, 4.69) is 15.9 Å². The lowest BCUT2D eigenvalue weighted by atomic mass is 9.91. The minimum absolute atomic E-state index is 0.144. The third kappa shape index (κ3) is 1.92. The van der Waals surface area contributed by atoms with Gasteiger partial charge in [-0.1, -0.05) is 15.9 Å². The highest BCUT2D eigenvalue weighted by atomic mass is 79.9. The molecule has 12 heavy (non-hydrogen) atoms. The summed E-state index contributed by atoms with van der Waals surface area (Å²) >= 11 is 3.11. The topological polar surface area (TPSA) is 63.4 Å². The zero-order chi connectivity index (χ0) is 9.30. The van der Waals surface area contributed by atoms with E-state index in [9.17, 15) is 14.5 Å². The fourth-order valence-corrected chi connectivity index (χ4v) is 2.07. The molecule has 1 aliphatic carbocycles. The number of rotatable bonds is 1. The number of aliphatic hydroxyl groups is 1. The molecule has 0 radical (unpaired) electrons. The molecule has 0 amide bonds. The van der Waals surface area contributed by atoms with Gasteiger partial charge in [0.15, 0.2) is 6.10 Å². The molecule has 0 saturated heterocycles. The Morgan fingerprint density at radius 1 is 1.58 bits per heavy atom. The van der Waals surface area contributed by atoms with Gasteiger partial charge >= 0.3 is 0 Å². The van der Waals surface area contributed by atoms with Crippen LogP contribution in [-0.2, 0) is 0 Å². The molecule has 0 spiro atoms. The van der Waals surface area contributed by atoms with Gasteiger partial charge in [0.1, 0.15) is 6.17 Å². The van der Waals surface area contributed by atoms with E-state index in [1.54, 1.807) is 0 Å². The Morgan fingerprint density at radius 3 is 2.67 bits per heavy atom. The summed E-state index contributed by atoms with van der Waals surface area (Å²) in [6, 6.07) is -1.17. The molecular weight excluding hydrogens is 233 g/mol. The minimum atomic E-state index is -1.49. The van der Waals surface area contributed by atoms with Crippen molar-refractivity contribution in [3.8, 4) is 0 Å². The first kappa shape index (κ1) is 9.85. The van der Waals surface area contributed by atoms with E-state index in [-0.39, 0.29) is 17.7 Å². The number of hydrogen-bond donors (Lipinski definition) is 1. The Morgan fingerprint density at radius 2 is 2.17 bits per heavy atom. The zero-order valence-electron chi connectivity index (χ0n) is 6.19. The van der Waals surface area contributed by atoms with Gasteiger partial charge in [-0.2, -0.15) is 0 Å². The standard InChI is InChI=1S/C6H9BrFNO3/c7-3-1-4(8)6(10)5(2-3)9(11)12/h3-6,10H,1-2H2. The molecule has 4 unspecified atom stereocenters. The van der Waals surface area contributed by atoms with Gasteiger partial charge in [0.2, 0.25) is 6.04 Å². The molecule has 6 heteroatoms. The lowest BCUT2D eigenvalue weighted by Gasteiger charge is -2.27. The van der Waals surface area contributed by atoms with Crippen molar-refractivity contribution in [3.05, 3.63) is 10.1 Å². The summed E-state index contributed by atoms with van der Waals surface area (Å²) in [5.41, 5.74) is 0. The normalized spacial score (nSPS) is 42.6. The van der Waals surface area contributed by atoms with Crippen LogP contribution in [0.3, 0.4) is 0 Å². The van der Waals surface area contributed by atoms with Gasteiger partial charge in [0.05, 0.1) is 0 Å². The summed E-state index contributed by atoms with van der Waals surface area (Å²) < 4.78 is 12.9. The van der Waals surface area contributed by atoms with Crippen LogP contribution in [0.5, 0.6) is 0 Å². The Balaban J connectivity index is 2.66. The molecule has 1 rings (SSSR count). The van der Waals surface area contributed by atoms with Crippen LogP contribution >= 0.6 is 15.9 Å². The van der Waals surface area contributed by atoms with Gasteiger partial charge in [-0.25, -0.2) is 4.39 Å². The molecule has 1 aliphatic rings. The predicted molar refractivity (Wildman–Crippen MR) is 43.6 cm³/mol. The molecule has 0 aliphatic heterocycles. The number of aliphatic hydroxyl groups excluding tert-OH is 1. The fraction of sp³-hybridized carbons (Fsp3) is 1.00.